The van der Waals surface area contributed by atoms with Gasteiger partial charge >= 0.3 is 0 Å². The van der Waals surface area contributed by atoms with E-state index >= 15 is 0 Å². The van der Waals surface area contributed by atoms with E-state index in [4.69, 9.17) is 0 Å². The van der Waals surface area contributed by atoms with Crippen molar-refractivity contribution < 1.29 is 9.18 Å². The maximum absolute atomic E-state index is 13.0. The Labute approximate surface area is 129 Å². The van der Waals surface area contributed by atoms with Crippen LogP contribution in [0.2, 0.25) is 0 Å². The smallest absolute Gasteiger partial charge is 0.234 e. The number of carbonyl (C=O) groups is 1. The zero-order valence-corrected chi connectivity index (χ0v) is 12.6. The summed E-state index contributed by atoms with van der Waals surface area (Å²) in [6.07, 6.45) is 2.36. The molecule has 0 aliphatic heterocycles. The number of hydrogen-bond donors (Lipinski definition) is 2. The van der Waals surface area contributed by atoms with Crippen molar-refractivity contribution in [3.8, 4) is 0 Å². The molecule has 110 valence electrons. The third-order valence-corrected chi connectivity index (χ3v) is 4.73. The molecule has 8 heteroatoms. The van der Waals surface area contributed by atoms with Gasteiger partial charge in [0.25, 0.3) is 0 Å². The van der Waals surface area contributed by atoms with Crippen molar-refractivity contribution in [1.82, 2.24) is 10.2 Å². The molecule has 0 bridgehead atoms. The minimum absolute atomic E-state index is 0.197. The van der Waals surface area contributed by atoms with Gasteiger partial charge in [0.15, 0.2) is 4.34 Å². The molecule has 0 unspecified atom stereocenters. The van der Waals surface area contributed by atoms with Crippen molar-refractivity contribution in [3.05, 3.63) is 30.1 Å². The first kappa shape index (κ1) is 14.3. The van der Waals surface area contributed by atoms with Gasteiger partial charge in [-0.3, -0.25) is 4.79 Å². The van der Waals surface area contributed by atoms with Crippen molar-refractivity contribution in [2.75, 3.05) is 16.4 Å². The van der Waals surface area contributed by atoms with Crippen LogP contribution in [0, 0.1) is 5.82 Å². The van der Waals surface area contributed by atoms with Gasteiger partial charge in [-0.05, 0) is 31.0 Å². The van der Waals surface area contributed by atoms with Crippen LogP contribution in [0.25, 0.3) is 0 Å². The lowest BCUT2D eigenvalue weighted by atomic mass is 10.3. The highest BCUT2D eigenvalue weighted by Crippen LogP contribution is 2.30. The quantitative estimate of drug-likeness (QED) is 0.800. The molecule has 0 saturated heterocycles. The summed E-state index contributed by atoms with van der Waals surface area (Å²) >= 11 is 2.76. The van der Waals surface area contributed by atoms with E-state index in [0.29, 0.717) is 11.7 Å². The van der Waals surface area contributed by atoms with E-state index in [-0.39, 0.29) is 17.5 Å². The summed E-state index contributed by atoms with van der Waals surface area (Å²) in [5, 5.41) is 14.7. The van der Waals surface area contributed by atoms with E-state index < -0.39 is 0 Å². The minimum atomic E-state index is -0.375. The normalized spacial score (nSPS) is 14.0. The predicted molar refractivity (Wildman–Crippen MR) is 82.3 cm³/mol. The fraction of sp³-hybridized carbons (Fsp3) is 0.308. The maximum Gasteiger partial charge on any atom is 0.234 e. The molecule has 0 radical (unpaired) electrons. The van der Waals surface area contributed by atoms with E-state index in [9.17, 15) is 9.18 Å². The van der Waals surface area contributed by atoms with Gasteiger partial charge in [-0.1, -0.05) is 29.2 Å². The number of aromatic nitrogens is 2. The zero-order chi connectivity index (χ0) is 14.7. The second kappa shape index (κ2) is 6.40. The Hall–Kier alpha value is -1.67. The molecule has 0 atom stereocenters. The summed E-state index contributed by atoms with van der Waals surface area (Å²) < 4.78 is 13.7. The number of nitrogens with zero attached hydrogens (tertiary/aromatic N) is 2. The zero-order valence-electron chi connectivity index (χ0n) is 11.0. The van der Waals surface area contributed by atoms with Crippen LogP contribution < -0.4 is 10.6 Å². The molecule has 1 aromatic carbocycles. The summed E-state index contributed by atoms with van der Waals surface area (Å²) in [4.78, 5) is 11.8. The Balaban J connectivity index is 1.47. The maximum atomic E-state index is 13.0. The Morgan fingerprint density at radius 1 is 1.43 bits per heavy atom. The molecular formula is C13H13FN4OS2. The molecule has 1 amide bonds. The fourth-order valence-electron chi connectivity index (χ4n) is 1.62. The van der Waals surface area contributed by atoms with E-state index in [1.165, 1.54) is 48.1 Å². The van der Waals surface area contributed by atoms with E-state index in [0.717, 1.165) is 9.47 Å². The number of anilines is 2. The molecule has 2 aromatic rings. The Morgan fingerprint density at radius 3 is 3.05 bits per heavy atom. The Morgan fingerprint density at radius 2 is 2.29 bits per heavy atom. The van der Waals surface area contributed by atoms with Crippen molar-refractivity contribution in [3.63, 3.8) is 0 Å². The number of halogens is 1. The van der Waals surface area contributed by atoms with Crippen LogP contribution in [-0.2, 0) is 4.79 Å². The molecule has 2 N–H and O–H groups in total. The summed E-state index contributed by atoms with van der Waals surface area (Å²) in [5.41, 5.74) is 0.453. The highest BCUT2D eigenvalue weighted by molar-refractivity contribution is 8.01. The summed E-state index contributed by atoms with van der Waals surface area (Å²) in [6.45, 7) is 0. The van der Waals surface area contributed by atoms with Crippen LogP contribution in [0.1, 0.15) is 12.8 Å². The van der Waals surface area contributed by atoms with Crippen LogP contribution in [0.5, 0.6) is 0 Å². The third kappa shape index (κ3) is 4.40. The standard InChI is InChI=1S/C13H13FN4OS2/c14-8-2-1-3-10(6-8)15-11(19)7-20-13-18-17-12(21-13)16-9-4-5-9/h1-3,6,9H,4-5,7H2,(H,15,19)(H,16,17). The lowest BCUT2D eigenvalue weighted by Gasteiger charge is -2.03. The van der Waals surface area contributed by atoms with E-state index in [2.05, 4.69) is 20.8 Å². The highest BCUT2D eigenvalue weighted by Gasteiger charge is 2.22. The van der Waals surface area contributed by atoms with Crippen molar-refractivity contribution >= 4 is 39.8 Å². The highest BCUT2D eigenvalue weighted by atomic mass is 32.2. The molecular weight excluding hydrogens is 311 g/mol. The van der Waals surface area contributed by atoms with E-state index in [1.54, 1.807) is 12.1 Å². The lowest BCUT2D eigenvalue weighted by Crippen LogP contribution is -2.13. The van der Waals surface area contributed by atoms with Gasteiger partial charge in [0.1, 0.15) is 5.82 Å². The first-order valence-electron chi connectivity index (χ1n) is 6.47. The molecule has 1 aliphatic carbocycles. The molecule has 1 fully saturated rings. The SMILES string of the molecule is O=C(CSc1nnc(NC2CC2)s1)Nc1cccc(F)c1. The van der Waals surface area contributed by atoms with Crippen LogP contribution >= 0.6 is 23.1 Å². The van der Waals surface area contributed by atoms with Crippen LogP contribution in [0.15, 0.2) is 28.6 Å². The predicted octanol–water partition coefficient (Wildman–Crippen LogP) is 2.98. The fourth-order valence-corrected chi connectivity index (χ4v) is 3.25. The number of amides is 1. The summed E-state index contributed by atoms with van der Waals surface area (Å²) in [6, 6.07) is 6.35. The van der Waals surface area contributed by atoms with Gasteiger partial charge < -0.3 is 10.6 Å². The summed E-state index contributed by atoms with van der Waals surface area (Å²) in [7, 11) is 0. The van der Waals surface area contributed by atoms with Crippen molar-refractivity contribution in [2.45, 2.75) is 23.2 Å². The average molecular weight is 324 g/mol. The topological polar surface area (TPSA) is 66.9 Å². The van der Waals surface area contributed by atoms with Gasteiger partial charge in [0.05, 0.1) is 5.75 Å². The average Bonchev–Trinajstić information content (AvgIpc) is 3.14. The van der Waals surface area contributed by atoms with Crippen LogP contribution in [-0.4, -0.2) is 27.9 Å². The molecule has 21 heavy (non-hydrogen) atoms. The monoisotopic (exact) mass is 324 g/mol. The van der Waals surface area contributed by atoms with Gasteiger partial charge in [0, 0.05) is 11.7 Å². The molecule has 3 rings (SSSR count). The first-order chi connectivity index (χ1) is 10.2. The molecule has 0 spiro atoms. The number of hydrogen-bond acceptors (Lipinski definition) is 6. The molecule has 1 saturated carbocycles. The molecule has 1 heterocycles. The second-order valence-corrected chi connectivity index (χ2v) is 6.84. The number of thioether (sulfide) groups is 1. The Kier molecular flexibility index (Phi) is 4.35. The first-order valence-corrected chi connectivity index (χ1v) is 8.27. The van der Waals surface area contributed by atoms with Gasteiger partial charge in [-0.25, -0.2) is 4.39 Å². The number of nitrogens with one attached hydrogen (secondary N) is 2. The van der Waals surface area contributed by atoms with Gasteiger partial charge in [-0.2, -0.15) is 0 Å². The molecule has 1 aromatic heterocycles. The van der Waals surface area contributed by atoms with Crippen LogP contribution in [0.4, 0.5) is 15.2 Å². The molecule has 1 aliphatic rings. The third-order valence-electron chi connectivity index (χ3n) is 2.75. The van der Waals surface area contributed by atoms with E-state index in [1.807, 2.05) is 0 Å². The second-order valence-electron chi connectivity index (χ2n) is 4.64. The van der Waals surface area contributed by atoms with Crippen molar-refractivity contribution in [2.24, 2.45) is 0 Å². The van der Waals surface area contributed by atoms with Crippen LogP contribution in [0.3, 0.4) is 0 Å². The molecule has 5 nitrogen and oxygen atoms in total. The largest absolute Gasteiger partial charge is 0.357 e. The van der Waals surface area contributed by atoms with Gasteiger partial charge in [-0.15, -0.1) is 10.2 Å². The van der Waals surface area contributed by atoms with Gasteiger partial charge in [0.2, 0.25) is 11.0 Å². The number of benzene rings is 1. The Bertz CT molecular complexity index is 645. The number of carbonyl (C=O) groups excluding carboxylic acids is 1. The van der Waals surface area contributed by atoms with Crippen molar-refractivity contribution in [1.29, 1.82) is 0 Å². The minimum Gasteiger partial charge on any atom is -0.357 e. The lowest BCUT2D eigenvalue weighted by molar-refractivity contribution is -0.113. The number of rotatable bonds is 6. The summed E-state index contributed by atoms with van der Waals surface area (Å²) in [5.74, 6) is -0.355.